The summed E-state index contributed by atoms with van der Waals surface area (Å²) in [7, 11) is 1.80. The van der Waals surface area contributed by atoms with Gasteiger partial charge in [-0.25, -0.2) is 4.79 Å². The van der Waals surface area contributed by atoms with Crippen LogP contribution in [-0.4, -0.2) is 41.1 Å². The van der Waals surface area contributed by atoms with Gasteiger partial charge >= 0.3 is 12.0 Å². The SMILES string of the molecule is CC(C)CC(C)N(C)C(=O)NC1C2CCC(C2)C1C(=O)O. The first-order valence-corrected chi connectivity index (χ1v) is 8.07. The summed E-state index contributed by atoms with van der Waals surface area (Å²) in [5, 5.41) is 12.4. The third-order valence-electron chi connectivity index (χ3n) is 5.29. The predicted molar refractivity (Wildman–Crippen MR) is 81.0 cm³/mol. The van der Waals surface area contributed by atoms with Gasteiger partial charge in [-0.2, -0.15) is 0 Å². The molecule has 2 amide bonds. The van der Waals surface area contributed by atoms with Gasteiger partial charge in [-0.1, -0.05) is 13.8 Å². The van der Waals surface area contributed by atoms with Crippen LogP contribution in [0.15, 0.2) is 0 Å². The van der Waals surface area contributed by atoms with E-state index in [1.54, 1.807) is 11.9 Å². The quantitative estimate of drug-likeness (QED) is 0.819. The first-order chi connectivity index (χ1) is 9.81. The number of hydrogen-bond acceptors (Lipinski definition) is 2. The minimum absolute atomic E-state index is 0.132. The summed E-state index contributed by atoms with van der Waals surface area (Å²) in [4.78, 5) is 25.6. The number of fused-ring (bicyclic) bond motifs is 2. The fourth-order valence-electron chi connectivity index (χ4n) is 4.14. The smallest absolute Gasteiger partial charge is 0.317 e. The van der Waals surface area contributed by atoms with Crippen LogP contribution in [0.3, 0.4) is 0 Å². The maximum Gasteiger partial charge on any atom is 0.317 e. The van der Waals surface area contributed by atoms with Gasteiger partial charge in [0.25, 0.3) is 0 Å². The van der Waals surface area contributed by atoms with Crippen molar-refractivity contribution in [3.05, 3.63) is 0 Å². The topological polar surface area (TPSA) is 69.6 Å². The predicted octanol–water partition coefficient (Wildman–Crippen LogP) is 2.56. The molecule has 0 aromatic carbocycles. The second-order valence-electron chi connectivity index (χ2n) is 7.26. The van der Waals surface area contributed by atoms with E-state index in [0.717, 1.165) is 25.7 Å². The zero-order chi connectivity index (χ0) is 15.7. The second kappa shape index (κ2) is 6.24. The first-order valence-electron chi connectivity index (χ1n) is 8.07. The van der Waals surface area contributed by atoms with E-state index in [-0.39, 0.29) is 24.0 Å². The molecule has 2 fully saturated rings. The van der Waals surface area contributed by atoms with Gasteiger partial charge in [0.1, 0.15) is 0 Å². The van der Waals surface area contributed by atoms with Crippen LogP contribution in [0.25, 0.3) is 0 Å². The molecule has 120 valence electrons. The Labute approximate surface area is 127 Å². The molecule has 2 bridgehead atoms. The van der Waals surface area contributed by atoms with E-state index in [0.29, 0.717) is 11.8 Å². The summed E-state index contributed by atoms with van der Waals surface area (Å²) in [5.74, 6) is -0.0403. The molecule has 2 N–H and O–H groups in total. The molecule has 5 nitrogen and oxygen atoms in total. The van der Waals surface area contributed by atoms with Crippen LogP contribution in [0.4, 0.5) is 4.79 Å². The highest BCUT2D eigenvalue weighted by Gasteiger charge is 2.51. The fourth-order valence-corrected chi connectivity index (χ4v) is 4.14. The average molecular weight is 296 g/mol. The molecule has 2 aliphatic carbocycles. The lowest BCUT2D eigenvalue weighted by Gasteiger charge is -2.33. The zero-order valence-corrected chi connectivity index (χ0v) is 13.5. The third-order valence-corrected chi connectivity index (χ3v) is 5.29. The molecular formula is C16H28N2O3. The van der Waals surface area contributed by atoms with Gasteiger partial charge in [0.2, 0.25) is 0 Å². The van der Waals surface area contributed by atoms with Crippen LogP contribution in [0.1, 0.15) is 46.5 Å². The Balaban J connectivity index is 1.97. The Morgan fingerprint density at radius 3 is 2.43 bits per heavy atom. The maximum absolute atomic E-state index is 12.4. The molecule has 5 atom stereocenters. The molecule has 5 unspecified atom stereocenters. The number of carbonyl (C=O) groups excluding carboxylic acids is 1. The van der Waals surface area contributed by atoms with E-state index < -0.39 is 11.9 Å². The molecule has 5 heteroatoms. The van der Waals surface area contributed by atoms with Crippen molar-refractivity contribution in [3.8, 4) is 0 Å². The van der Waals surface area contributed by atoms with Gasteiger partial charge in [-0.05, 0) is 50.4 Å². The fraction of sp³-hybridized carbons (Fsp3) is 0.875. The summed E-state index contributed by atoms with van der Waals surface area (Å²) in [6, 6.07) is -0.165. The molecule has 21 heavy (non-hydrogen) atoms. The van der Waals surface area contributed by atoms with Gasteiger partial charge in [-0.15, -0.1) is 0 Å². The Morgan fingerprint density at radius 1 is 1.24 bits per heavy atom. The summed E-state index contributed by atoms with van der Waals surface area (Å²) in [6.45, 7) is 6.31. The number of hydrogen-bond donors (Lipinski definition) is 2. The Hall–Kier alpha value is -1.26. The first kappa shape index (κ1) is 16.1. The summed E-state index contributed by atoms with van der Waals surface area (Å²) >= 11 is 0. The molecule has 0 heterocycles. The highest BCUT2D eigenvalue weighted by atomic mass is 16.4. The van der Waals surface area contributed by atoms with E-state index in [2.05, 4.69) is 19.2 Å². The Bertz CT molecular complexity index is 410. The lowest BCUT2D eigenvalue weighted by Crippen LogP contribution is -2.52. The Kier molecular flexibility index (Phi) is 4.79. The monoisotopic (exact) mass is 296 g/mol. The van der Waals surface area contributed by atoms with Gasteiger partial charge in [0.05, 0.1) is 5.92 Å². The van der Waals surface area contributed by atoms with Crippen LogP contribution in [0.5, 0.6) is 0 Å². The summed E-state index contributed by atoms with van der Waals surface area (Å²) < 4.78 is 0. The Morgan fingerprint density at radius 2 is 1.86 bits per heavy atom. The maximum atomic E-state index is 12.4. The van der Waals surface area contributed by atoms with Crippen molar-refractivity contribution in [2.75, 3.05) is 7.05 Å². The van der Waals surface area contributed by atoms with Crippen LogP contribution < -0.4 is 5.32 Å². The molecule has 2 rings (SSSR count). The van der Waals surface area contributed by atoms with E-state index in [1.165, 1.54) is 0 Å². The number of rotatable bonds is 5. The molecule has 0 aromatic rings. The number of nitrogens with one attached hydrogen (secondary N) is 1. The van der Waals surface area contributed by atoms with Gasteiger partial charge in [0.15, 0.2) is 0 Å². The molecule has 0 spiro atoms. The standard InChI is InChI=1S/C16H28N2O3/c1-9(2)7-10(3)18(4)16(21)17-14-12-6-5-11(8-12)13(14)15(19)20/h9-14H,5-8H2,1-4H3,(H,17,21)(H,19,20). The van der Waals surface area contributed by atoms with E-state index in [1.807, 2.05) is 6.92 Å². The zero-order valence-electron chi connectivity index (χ0n) is 13.5. The van der Waals surface area contributed by atoms with E-state index in [4.69, 9.17) is 0 Å². The lowest BCUT2D eigenvalue weighted by molar-refractivity contribution is -0.144. The normalized spacial score (nSPS) is 32.2. The largest absolute Gasteiger partial charge is 0.481 e. The number of carbonyl (C=O) groups is 2. The van der Waals surface area contributed by atoms with Crippen molar-refractivity contribution in [2.45, 2.75) is 58.5 Å². The molecule has 2 saturated carbocycles. The number of carboxylic acids is 1. The number of aliphatic carboxylic acids is 1. The van der Waals surface area contributed by atoms with Crippen molar-refractivity contribution in [2.24, 2.45) is 23.7 Å². The van der Waals surface area contributed by atoms with Crippen molar-refractivity contribution in [1.82, 2.24) is 10.2 Å². The van der Waals surface area contributed by atoms with Gasteiger partial charge < -0.3 is 15.3 Å². The average Bonchev–Trinajstić information content (AvgIpc) is 2.97. The van der Waals surface area contributed by atoms with E-state index >= 15 is 0 Å². The van der Waals surface area contributed by atoms with Crippen LogP contribution in [0, 0.1) is 23.7 Å². The lowest BCUT2D eigenvalue weighted by atomic mass is 9.84. The van der Waals surface area contributed by atoms with Crippen LogP contribution >= 0.6 is 0 Å². The van der Waals surface area contributed by atoms with Crippen LogP contribution in [-0.2, 0) is 4.79 Å². The number of carboxylic acid groups (broad SMARTS) is 1. The van der Waals surface area contributed by atoms with Crippen molar-refractivity contribution in [3.63, 3.8) is 0 Å². The molecular weight excluding hydrogens is 268 g/mol. The molecule has 0 aromatic heterocycles. The van der Waals surface area contributed by atoms with Crippen molar-refractivity contribution >= 4 is 12.0 Å². The minimum Gasteiger partial charge on any atom is -0.481 e. The van der Waals surface area contributed by atoms with Gasteiger partial charge in [0, 0.05) is 19.1 Å². The van der Waals surface area contributed by atoms with Crippen molar-refractivity contribution < 1.29 is 14.7 Å². The summed E-state index contributed by atoms with van der Waals surface area (Å²) in [5.41, 5.74) is 0. The van der Waals surface area contributed by atoms with E-state index in [9.17, 15) is 14.7 Å². The number of amides is 2. The second-order valence-corrected chi connectivity index (χ2v) is 7.26. The highest BCUT2D eigenvalue weighted by molar-refractivity contribution is 5.77. The molecule has 0 aliphatic heterocycles. The summed E-state index contributed by atoms with van der Waals surface area (Å²) in [6.07, 6.45) is 3.94. The van der Waals surface area contributed by atoms with Crippen molar-refractivity contribution in [1.29, 1.82) is 0 Å². The number of nitrogens with zero attached hydrogens (tertiary/aromatic N) is 1. The molecule has 0 saturated heterocycles. The molecule has 2 aliphatic rings. The van der Waals surface area contributed by atoms with Crippen LogP contribution in [0.2, 0.25) is 0 Å². The van der Waals surface area contributed by atoms with Gasteiger partial charge in [-0.3, -0.25) is 4.79 Å². The highest BCUT2D eigenvalue weighted by Crippen LogP contribution is 2.48. The minimum atomic E-state index is -0.759. The number of urea groups is 1. The third kappa shape index (κ3) is 3.33. The molecule has 0 radical (unpaired) electrons.